The fraction of sp³-hybridized carbons (Fsp3) is 0.429. The minimum Gasteiger partial charge on any atom is -0.301 e. The van der Waals surface area contributed by atoms with Crippen LogP contribution in [0.1, 0.15) is 19.3 Å². The molecule has 0 bridgehead atoms. The fourth-order valence-corrected chi connectivity index (χ4v) is 5.48. The topological polar surface area (TPSA) is 123 Å². The molecule has 0 aromatic carbocycles. The van der Waals surface area contributed by atoms with Crippen molar-refractivity contribution in [3.05, 3.63) is 26.9 Å². The van der Waals surface area contributed by atoms with E-state index in [1.807, 2.05) is 0 Å². The van der Waals surface area contributed by atoms with Crippen LogP contribution in [0.15, 0.2) is 16.8 Å². The fourth-order valence-electron chi connectivity index (χ4n) is 2.75. The van der Waals surface area contributed by atoms with Gasteiger partial charge in [0.15, 0.2) is 5.13 Å². The summed E-state index contributed by atoms with van der Waals surface area (Å²) in [5, 5.41) is 16.9. The molecule has 1 amide bonds. The first-order valence-corrected chi connectivity index (χ1v) is 11.3. The summed E-state index contributed by atoms with van der Waals surface area (Å²) in [4.78, 5) is 27.7. The molecule has 0 radical (unpaired) electrons. The van der Waals surface area contributed by atoms with Crippen molar-refractivity contribution in [2.45, 2.75) is 25.3 Å². The van der Waals surface area contributed by atoms with Gasteiger partial charge in [0.05, 0.1) is 27.1 Å². The molecule has 3 heterocycles. The van der Waals surface area contributed by atoms with E-state index in [1.54, 1.807) is 5.38 Å². The Hall–Kier alpha value is -1.89. The zero-order valence-electron chi connectivity index (χ0n) is 13.7. The molecule has 1 aliphatic heterocycles. The van der Waals surface area contributed by atoms with Gasteiger partial charge in [0.1, 0.15) is 6.04 Å². The summed E-state index contributed by atoms with van der Waals surface area (Å²) in [6.45, 7) is 0.332. The maximum Gasteiger partial charge on any atom is 0.280 e. The number of hydrogen-bond donors (Lipinski definition) is 1. The molecule has 140 valence electrons. The van der Waals surface area contributed by atoms with Gasteiger partial charge in [0.2, 0.25) is 15.9 Å². The van der Waals surface area contributed by atoms with E-state index < -0.39 is 26.9 Å². The van der Waals surface area contributed by atoms with E-state index in [0.717, 1.165) is 19.1 Å². The highest BCUT2D eigenvalue weighted by Gasteiger charge is 2.34. The van der Waals surface area contributed by atoms with Gasteiger partial charge in [-0.1, -0.05) is 6.42 Å². The van der Waals surface area contributed by atoms with Gasteiger partial charge in [-0.3, -0.25) is 14.9 Å². The van der Waals surface area contributed by atoms with E-state index in [-0.39, 0.29) is 5.69 Å². The number of carbonyl (C=O) groups excluding carboxylic acids is 1. The largest absolute Gasteiger partial charge is 0.301 e. The Morgan fingerprint density at radius 1 is 1.38 bits per heavy atom. The molecule has 0 aliphatic carbocycles. The van der Waals surface area contributed by atoms with E-state index in [4.69, 9.17) is 0 Å². The van der Waals surface area contributed by atoms with E-state index >= 15 is 0 Å². The molecule has 9 nitrogen and oxygen atoms in total. The standard InChI is InChI=1S/C14H16N4O5S3/c1-26(22,23)17-5-3-2-4-11(17)13(19)16-14-15-10(8-25-14)12-6-9(7-24-12)18(20)21/h6-8,11H,2-5H2,1H3,(H,15,16,19). The van der Waals surface area contributed by atoms with Gasteiger partial charge >= 0.3 is 0 Å². The van der Waals surface area contributed by atoms with Crippen LogP contribution in [0.25, 0.3) is 10.6 Å². The average molecular weight is 417 g/mol. The van der Waals surface area contributed by atoms with Crippen LogP contribution < -0.4 is 5.32 Å². The second kappa shape index (κ2) is 7.39. The molecule has 1 unspecified atom stereocenters. The lowest BCUT2D eigenvalue weighted by molar-refractivity contribution is -0.384. The summed E-state index contributed by atoms with van der Waals surface area (Å²) in [6.07, 6.45) is 3.08. The highest BCUT2D eigenvalue weighted by atomic mass is 32.2. The molecule has 1 atom stereocenters. The number of rotatable bonds is 5. The molecule has 0 saturated carbocycles. The summed E-state index contributed by atoms with van der Waals surface area (Å²) in [5.41, 5.74) is 0.529. The number of thiophene rings is 1. The van der Waals surface area contributed by atoms with Crippen molar-refractivity contribution in [3.8, 4) is 10.6 Å². The van der Waals surface area contributed by atoms with Crippen LogP contribution in [-0.4, -0.2) is 47.4 Å². The zero-order chi connectivity index (χ0) is 18.9. The Morgan fingerprint density at radius 3 is 2.81 bits per heavy atom. The molecule has 2 aromatic rings. The highest BCUT2D eigenvalue weighted by Crippen LogP contribution is 2.33. The van der Waals surface area contributed by atoms with Crippen molar-refractivity contribution in [1.82, 2.24) is 9.29 Å². The number of nitrogens with zero attached hydrogens (tertiary/aromatic N) is 3. The second-order valence-corrected chi connectivity index (χ2v) is 9.54. The van der Waals surface area contributed by atoms with Crippen LogP contribution in [0.2, 0.25) is 0 Å². The number of aromatic nitrogens is 1. The molecule has 12 heteroatoms. The van der Waals surface area contributed by atoms with Crippen LogP contribution in [-0.2, 0) is 14.8 Å². The summed E-state index contributed by atoms with van der Waals surface area (Å²) in [5.74, 6) is -0.409. The molecular formula is C14H16N4O5S3. The quantitative estimate of drug-likeness (QED) is 0.590. The van der Waals surface area contributed by atoms with Crippen molar-refractivity contribution in [3.63, 3.8) is 0 Å². The Morgan fingerprint density at radius 2 is 2.15 bits per heavy atom. The number of piperidine rings is 1. The van der Waals surface area contributed by atoms with Crippen LogP contribution >= 0.6 is 22.7 Å². The molecular weight excluding hydrogens is 400 g/mol. The van der Waals surface area contributed by atoms with Crippen LogP contribution in [0, 0.1) is 10.1 Å². The summed E-state index contributed by atoms with van der Waals surface area (Å²) in [7, 11) is -3.46. The smallest absolute Gasteiger partial charge is 0.280 e. The monoisotopic (exact) mass is 416 g/mol. The number of anilines is 1. The number of sulfonamides is 1. The lowest BCUT2D eigenvalue weighted by atomic mass is 10.0. The molecule has 1 aliphatic rings. The number of carbonyl (C=O) groups is 1. The average Bonchev–Trinajstić information content (AvgIpc) is 3.23. The van der Waals surface area contributed by atoms with Crippen molar-refractivity contribution in [2.24, 2.45) is 0 Å². The third-order valence-electron chi connectivity index (χ3n) is 3.97. The SMILES string of the molecule is CS(=O)(=O)N1CCCCC1C(=O)Nc1nc(-c2cc([N+](=O)[O-])cs2)cs1. The normalized spacial score (nSPS) is 18.6. The van der Waals surface area contributed by atoms with Gasteiger partial charge in [-0.15, -0.1) is 22.7 Å². The molecule has 2 aromatic heterocycles. The van der Waals surface area contributed by atoms with Crippen LogP contribution in [0.5, 0.6) is 0 Å². The molecule has 1 fully saturated rings. The van der Waals surface area contributed by atoms with Crippen LogP contribution in [0.3, 0.4) is 0 Å². The third-order valence-corrected chi connectivity index (χ3v) is 6.95. The van der Waals surface area contributed by atoms with Gasteiger partial charge in [-0.05, 0) is 12.8 Å². The van der Waals surface area contributed by atoms with Gasteiger partial charge in [0, 0.05) is 18.0 Å². The Kier molecular flexibility index (Phi) is 5.37. The number of amides is 1. The van der Waals surface area contributed by atoms with Gasteiger partial charge < -0.3 is 5.32 Å². The van der Waals surface area contributed by atoms with E-state index in [2.05, 4.69) is 10.3 Å². The summed E-state index contributed by atoms with van der Waals surface area (Å²) < 4.78 is 25.0. The third kappa shape index (κ3) is 4.09. The molecule has 3 rings (SSSR count). The second-order valence-electron chi connectivity index (χ2n) is 5.84. The Bertz CT molecular complexity index is 936. The van der Waals surface area contributed by atoms with Gasteiger partial charge in [-0.25, -0.2) is 13.4 Å². The van der Waals surface area contributed by atoms with E-state index in [0.29, 0.717) is 28.7 Å². The highest BCUT2D eigenvalue weighted by molar-refractivity contribution is 7.88. The predicted molar refractivity (Wildman–Crippen MR) is 99.9 cm³/mol. The molecule has 26 heavy (non-hydrogen) atoms. The first-order chi connectivity index (χ1) is 12.3. The lowest BCUT2D eigenvalue weighted by Gasteiger charge is -2.32. The molecule has 0 spiro atoms. The van der Waals surface area contributed by atoms with Gasteiger partial charge in [-0.2, -0.15) is 4.31 Å². The van der Waals surface area contributed by atoms with Crippen molar-refractivity contribution in [2.75, 3.05) is 18.1 Å². The lowest BCUT2D eigenvalue weighted by Crippen LogP contribution is -2.49. The first kappa shape index (κ1) is 18.9. The number of hydrogen-bond acceptors (Lipinski definition) is 8. The van der Waals surface area contributed by atoms with E-state index in [1.165, 1.54) is 38.4 Å². The maximum absolute atomic E-state index is 12.5. The molecule has 1 N–H and O–H groups in total. The Labute approximate surface area is 157 Å². The minimum absolute atomic E-state index is 0.00501. The van der Waals surface area contributed by atoms with Gasteiger partial charge in [0.25, 0.3) is 5.69 Å². The number of thiazole rings is 1. The summed E-state index contributed by atoms with van der Waals surface area (Å²) in [6, 6.07) is 0.687. The van der Waals surface area contributed by atoms with E-state index in [9.17, 15) is 23.3 Å². The minimum atomic E-state index is -3.46. The Balaban J connectivity index is 1.73. The van der Waals surface area contributed by atoms with Crippen molar-refractivity contribution < 1.29 is 18.1 Å². The number of nitrogens with one attached hydrogen (secondary N) is 1. The van der Waals surface area contributed by atoms with Crippen LogP contribution in [0.4, 0.5) is 10.8 Å². The molecule has 1 saturated heterocycles. The first-order valence-electron chi connectivity index (χ1n) is 7.72. The summed E-state index contributed by atoms with van der Waals surface area (Å²) >= 11 is 2.39. The predicted octanol–water partition coefficient (Wildman–Crippen LogP) is 2.53. The maximum atomic E-state index is 12.5. The van der Waals surface area contributed by atoms with Crippen molar-refractivity contribution in [1.29, 1.82) is 0 Å². The van der Waals surface area contributed by atoms with Crippen molar-refractivity contribution >= 4 is 49.4 Å². The zero-order valence-corrected chi connectivity index (χ0v) is 16.2. The number of nitro groups is 1.